The minimum absolute atomic E-state index is 0.352. The van der Waals surface area contributed by atoms with Crippen LogP contribution >= 0.6 is 35.0 Å². The van der Waals surface area contributed by atoms with Crippen LogP contribution in [-0.2, 0) is 0 Å². The summed E-state index contributed by atoms with van der Waals surface area (Å²) in [5.41, 5.74) is 0. The number of aromatic nitrogens is 5. The molecule has 18 heavy (non-hydrogen) atoms. The van der Waals surface area contributed by atoms with E-state index in [2.05, 4.69) is 20.1 Å². The Kier molecular flexibility index (Phi) is 3.07. The molecule has 0 amide bonds. The van der Waals surface area contributed by atoms with Gasteiger partial charge in [-0.25, -0.2) is 4.98 Å². The Bertz CT molecular complexity index is 714. The van der Waals surface area contributed by atoms with Crippen LogP contribution in [0.1, 0.15) is 0 Å². The number of fused-ring (bicyclic) bond motifs is 1. The summed E-state index contributed by atoms with van der Waals surface area (Å²) in [6.07, 6.45) is 3.10. The van der Waals surface area contributed by atoms with E-state index in [9.17, 15) is 0 Å². The summed E-state index contributed by atoms with van der Waals surface area (Å²) < 4.78 is 1.58. The van der Waals surface area contributed by atoms with E-state index in [0.717, 1.165) is 5.03 Å². The molecule has 3 rings (SSSR count). The second-order valence-corrected chi connectivity index (χ2v) is 5.08. The summed E-state index contributed by atoms with van der Waals surface area (Å²) in [6.45, 7) is 0. The molecule has 0 aliphatic heterocycles. The molecule has 0 radical (unpaired) electrons. The molecule has 0 saturated heterocycles. The van der Waals surface area contributed by atoms with Crippen molar-refractivity contribution < 1.29 is 0 Å². The molecule has 3 heterocycles. The maximum atomic E-state index is 6.06. The molecular formula is C10H5Cl2N5S. The molecule has 0 aliphatic carbocycles. The van der Waals surface area contributed by atoms with Crippen molar-refractivity contribution in [1.29, 1.82) is 0 Å². The van der Waals surface area contributed by atoms with Crippen LogP contribution in [0, 0.1) is 0 Å². The van der Waals surface area contributed by atoms with E-state index in [1.54, 1.807) is 28.9 Å². The van der Waals surface area contributed by atoms with Crippen LogP contribution in [-0.4, -0.2) is 24.6 Å². The van der Waals surface area contributed by atoms with E-state index in [1.165, 1.54) is 18.1 Å². The van der Waals surface area contributed by atoms with E-state index < -0.39 is 0 Å². The SMILES string of the molecule is Clc1cc(Sc2ncccc2Cl)n2ncnc2n1. The fourth-order valence-corrected chi connectivity index (χ4v) is 2.72. The monoisotopic (exact) mass is 297 g/mol. The third-order valence-electron chi connectivity index (χ3n) is 2.11. The van der Waals surface area contributed by atoms with Gasteiger partial charge in [0.15, 0.2) is 0 Å². The average Bonchev–Trinajstić information content (AvgIpc) is 2.80. The van der Waals surface area contributed by atoms with Gasteiger partial charge in [-0.2, -0.15) is 19.6 Å². The van der Waals surface area contributed by atoms with Crippen molar-refractivity contribution >= 4 is 40.7 Å². The zero-order valence-electron chi connectivity index (χ0n) is 8.79. The van der Waals surface area contributed by atoms with Gasteiger partial charge in [0.05, 0.1) is 5.02 Å². The predicted octanol–water partition coefficient (Wildman–Crippen LogP) is 2.98. The molecule has 0 spiro atoms. The lowest BCUT2D eigenvalue weighted by Crippen LogP contribution is -1.96. The van der Waals surface area contributed by atoms with E-state index in [4.69, 9.17) is 23.2 Å². The van der Waals surface area contributed by atoms with Gasteiger partial charge in [-0.3, -0.25) is 0 Å². The number of halogens is 2. The van der Waals surface area contributed by atoms with Crippen molar-refractivity contribution in [3.05, 3.63) is 40.9 Å². The average molecular weight is 298 g/mol. The van der Waals surface area contributed by atoms with Crippen molar-refractivity contribution in [1.82, 2.24) is 24.6 Å². The van der Waals surface area contributed by atoms with Gasteiger partial charge in [-0.15, -0.1) is 0 Å². The van der Waals surface area contributed by atoms with E-state index in [0.29, 0.717) is 21.0 Å². The van der Waals surface area contributed by atoms with Gasteiger partial charge < -0.3 is 0 Å². The normalized spacial score (nSPS) is 11.0. The number of hydrogen-bond acceptors (Lipinski definition) is 5. The second kappa shape index (κ2) is 4.72. The molecule has 0 bridgehead atoms. The van der Waals surface area contributed by atoms with Gasteiger partial charge in [0.2, 0.25) is 0 Å². The molecule has 3 aromatic heterocycles. The Balaban J connectivity index is 2.10. The molecule has 0 N–H and O–H groups in total. The quantitative estimate of drug-likeness (QED) is 0.681. The lowest BCUT2D eigenvalue weighted by atomic mass is 10.5. The molecule has 0 aliphatic rings. The first-order valence-corrected chi connectivity index (χ1v) is 6.46. The maximum absolute atomic E-state index is 6.06. The molecule has 90 valence electrons. The first kappa shape index (κ1) is 11.7. The van der Waals surface area contributed by atoms with E-state index in [-0.39, 0.29) is 0 Å². The molecular weight excluding hydrogens is 293 g/mol. The number of nitrogens with zero attached hydrogens (tertiary/aromatic N) is 5. The van der Waals surface area contributed by atoms with Gasteiger partial charge in [0, 0.05) is 12.3 Å². The summed E-state index contributed by atoms with van der Waals surface area (Å²) in [5, 5.41) is 6.43. The van der Waals surface area contributed by atoms with Crippen molar-refractivity contribution in [2.75, 3.05) is 0 Å². The Morgan fingerprint density at radius 3 is 2.94 bits per heavy atom. The highest BCUT2D eigenvalue weighted by Gasteiger charge is 2.10. The zero-order chi connectivity index (χ0) is 12.5. The summed E-state index contributed by atoms with van der Waals surface area (Å²) in [4.78, 5) is 12.2. The molecule has 0 fully saturated rings. The fourth-order valence-electron chi connectivity index (χ4n) is 1.38. The second-order valence-electron chi connectivity index (χ2n) is 3.28. The summed E-state index contributed by atoms with van der Waals surface area (Å²) in [5.74, 6) is 0.442. The summed E-state index contributed by atoms with van der Waals surface area (Å²) in [7, 11) is 0. The Morgan fingerprint density at radius 1 is 1.22 bits per heavy atom. The lowest BCUT2D eigenvalue weighted by Gasteiger charge is -2.04. The predicted molar refractivity (Wildman–Crippen MR) is 69.2 cm³/mol. The minimum Gasteiger partial charge on any atom is -0.248 e. The van der Waals surface area contributed by atoms with E-state index in [1.807, 2.05) is 0 Å². The third-order valence-corrected chi connectivity index (χ3v) is 3.74. The fraction of sp³-hybridized carbons (Fsp3) is 0. The van der Waals surface area contributed by atoms with Gasteiger partial charge in [0.1, 0.15) is 21.5 Å². The van der Waals surface area contributed by atoms with Gasteiger partial charge in [-0.1, -0.05) is 23.2 Å². The van der Waals surface area contributed by atoms with Crippen molar-refractivity contribution in [2.45, 2.75) is 10.1 Å². The van der Waals surface area contributed by atoms with E-state index >= 15 is 0 Å². The molecule has 0 saturated carbocycles. The standard InChI is InChI=1S/C10H5Cl2N5S/c11-6-2-1-3-13-9(6)18-8-4-7(12)16-10-14-5-15-17(8)10/h1-5H. The van der Waals surface area contributed by atoms with Crippen LogP contribution in [0.5, 0.6) is 0 Å². The van der Waals surface area contributed by atoms with Crippen LogP contribution in [0.2, 0.25) is 10.2 Å². The largest absolute Gasteiger partial charge is 0.254 e. The Morgan fingerprint density at radius 2 is 2.11 bits per heavy atom. The van der Waals surface area contributed by atoms with Crippen molar-refractivity contribution in [2.24, 2.45) is 0 Å². The zero-order valence-corrected chi connectivity index (χ0v) is 11.1. The highest BCUT2D eigenvalue weighted by atomic mass is 35.5. The molecule has 3 aromatic rings. The number of hydrogen-bond donors (Lipinski definition) is 0. The van der Waals surface area contributed by atoms with Crippen LogP contribution < -0.4 is 0 Å². The molecule has 0 atom stereocenters. The van der Waals surface area contributed by atoms with Gasteiger partial charge in [0.25, 0.3) is 5.78 Å². The van der Waals surface area contributed by atoms with Gasteiger partial charge in [-0.05, 0) is 23.9 Å². The Labute approximate surface area is 116 Å². The summed E-state index contributed by atoms with van der Waals surface area (Å²) >= 11 is 13.3. The summed E-state index contributed by atoms with van der Waals surface area (Å²) in [6, 6.07) is 5.24. The van der Waals surface area contributed by atoms with Crippen molar-refractivity contribution in [3.8, 4) is 0 Å². The smallest absolute Gasteiger partial charge is 0.248 e. The molecule has 5 nitrogen and oxygen atoms in total. The number of rotatable bonds is 2. The molecule has 0 unspecified atom stereocenters. The van der Waals surface area contributed by atoms with Gasteiger partial charge >= 0.3 is 0 Å². The first-order chi connectivity index (χ1) is 8.74. The lowest BCUT2D eigenvalue weighted by molar-refractivity contribution is 0.841. The van der Waals surface area contributed by atoms with Crippen LogP contribution in [0.3, 0.4) is 0 Å². The third kappa shape index (κ3) is 2.14. The van der Waals surface area contributed by atoms with Crippen LogP contribution in [0.15, 0.2) is 40.8 Å². The number of pyridine rings is 1. The highest BCUT2D eigenvalue weighted by Crippen LogP contribution is 2.31. The Hall–Kier alpha value is -1.37. The van der Waals surface area contributed by atoms with Crippen LogP contribution in [0.25, 0.3) is 5.78 Å². The molecule has 0 aromatic carbocycles. The highest BCUT2D eigenvalue weighted by molar-refractivity contribution is 7.99. The molecule has 8 heteroatoms. The van der Waals surface area contributed by atoms with Crippen molar-refractivity contribution in [3.63, 3.8) is 0 Å². The first-order valence-electron chi connectivity index (χ1n) is 4.89. The van der Waals surface area contributed by atoms with Crippen LogP contribution in [0.4, 0.5) is 0 Å². The maximum Gasteiger partial charge on any atom is 0.254 e. The topological polar surface area (TPSA) is 56.0 Å². The minimum atomic E-state index is 0.352.